The van der Waals surface area contributed by atoms with Gasteiger partial charge in [0.15, 0.2) is 0 Å². The molecule has 2 atom stereocenters. The van der Waals surface area contributed by atoms with Crippen LogP contribution in [-0.2, 0) is 9.53 Å². The average molecular weight is 191 g/mol. The zero-order chi connectivity index (χ0) is 9.56. The molecule has 3 nitrogen and oxygen atoms in total. The quantitative estimate of drug-likeness (QED) is 0.659. The Bertz CT molecular complexity index is 139. The van der Waals surface area contributed by atoms with Crippen LogP contribution in [0.1, 0.15) is 20.8 Å². The van der Waals surface area contributed by atoms with E-state index in [4.69, 9.17) is 10.5 Å². The number of carbonyl (C=O) groups is 1. The normalized spacial score (nSPS) is 15.3. The number of rotatable bonds is 5. The molecule has 0 radical (unpaired) electrons. The van der Waals surface area contributed by atoms with E-state index in [1.807, 2.05) is 13.8 Å². The number of esters is 1. The van der Waals surface area contributed by atoms with E-state index in [0.29, 0.717) is 6.61 Å². The fourth-order valence-corrected chi connectivity index (χ4v) is 1.42. The summed E-state index contributed by atoms with van der Waals surface area (Å²) in [5.41, 5.74) is 5.54. The summed E-state index contributed by atoms with van der Waals surface area (Å²) in [7, 11) is 0. The Morgan fingerprint density at radius 2 is 2.17 bits per heavy atom. The van der Waals surface area contributed by atoms with Gasteiger partial charge in [-0.05, 0) is 20.8 Å². The van der Waals surface area contributed by atoms with Crippen LogP contribution < -0.4 is 5.73 Å². The second-order valence-electron chi connectivity index (χ2n) is 2.70. The van der Waals surface area contributed by atoms with Gasteiger partial charge in [-0.2, -0.15) is 0 Å². The van der Waals surface area contributed by atoms with Crippen LogP contribution in [0, 0.1) is 0 Å². The maximum absolute atomic E-state index is 11.1. The second kappa shape index (κ2) is 6.31. The van der Waals surface area contributed by atoms with E-state index in [2.05, 4.69) is 0 Å². The van der Waals surface area contributed by atoms with E-state index < -0.39 is 0 Å². The minimum atomic E-state index is -0.150. The van der Waals surface area contributed by atoms with Crippen LogP contribution >= 0.6 is 11.8 Å². The first-order valence-electron chi connectivity index (χ1n) is 4.11. The SMILES string of the molecule is CCOC(=O)C(C)SCC(C)N. The molecule has 0 aromatic rings. The van der Waals surface area contributed by atoms with Crippen molar-refractivity contribution in [3.63, 3.8) is 0 Å². The summed E-state index contributed by atoms with van der Waals surface area (Å²) in [5.74, 6) is 0.642. The summed E-state index contributed by atoms with van der Waals surface area (Å²) in [6.07, 6.45) is 0. The van der Waals surface area contributed by atoms with Gasteiger partial charge < -0.3 is 10.5 Å². The number of hydrogen-bond acceptors (Lipinski definition) is 4. The van der Waals surface area contributed by atoms with Gasteiger partial charge in [0.1, 0.15) is 0 Å². The van der Waals surface area contributed by atoms with Crippen molar-refractivity contribution in [3.05, 3.63) is 0 Å². The summed E-state index contributed by atoms with van der Waals surface area (Å²) in [5, 5.41) is -0.101. The zero-order valence-corrected chi connectivity index (χ0v) is 8.69. The van der Waals surface area contributed by atoms with Crippen LogP contribution in [0.2, 0.25) is 0 Å². The highest BCUT2D eigenvalue weighted by Crippen LogP contribution is 2.12. The number of nitrogens with two attached hydrogens (primary N) is 1. The predicted molar refractivity (Wildman–Crippen MR) is 52.2 cm³/mol. The van der Waals surface area contributed by atoms with Crippen molar-refractivity contribution >= 4 is 17.7 Å². The fraction of sp³-hybridized carbons (Fsp3) is 0.875. The molecular formula is C8H17NO2S. The van der Waals surface area contributed by atoms with Crippen LogP contribution in [0.5, 0.6) is 0 Å². The van der Waals surface area contributed by atoms with Gasteiger partial charge in [-0.1, -0.05) is 0 Å². The van der Waals surface area contributed by atoms with Crippen molar-refractivity contribution in [3.8, 4) is 0 Å². The third-order valence-electron chi connectivity index (χ3n) is 1.23. The van der Waals surface area contributed by atoms with Gasteiger partial charge >= 0.3 is 5.97 Å². The average Bonchev–Trinajstić information content (AvgIpc) is 2.00. The Balaban J connectivity index is 3.56. The molecule has 0 bridgehead atoms. The molecule has 0 aliphatic carbocycles. The highest BCUT2D eigenvalue weighted by molar-refractivity contribution is 8.00. The van der Waals surface area contributed by atoms with Crippen molar-refractivity contribution in [2.24, 2.45) is 5.73 Å². The van der Waals surface area contributed by atoms with Crippen molar-refractivity contribution in [1.29, 1.82) is 0 Å². The van der Waals surface area contributed by atoms with Gasteiger partial charge in [-0.25, -0.2) is 0 Å². The molecule has 0 spiro atoms. The zero-order valence-electron chi connectivity index (χ0n) is 7.87. The number of hydrogen-bond donors (Lipinski definition) is 1. The topological polar surface area (TPSA) is 52.3 Å². The van der Waals surface area contributed by atoms with Crippen molar-refractivity contribution in [2.75, 3.05) is 12.4 Å². The third kappa shape index (κ3) is 5.43. The van der Waals surface area contributed by atoms with Crippen LogP contribution in [0.25, 0.3) is 0 Å². The first kappa shape index (κ1) is 11.8. The summed E-state index contributed by atoms with van der Waals surface area (Å²) >= 11 is 1.53. The predicted octanol–water partition coefficient (Wildman–Crippen LogP) is 1.02. The lowest BCUT2D eigenvalue weighted by Crippen LogP contribution is -2.23. The van der Waals surface area contributed by atoms with Crippen molar-refractivity contribution in [2.45, 2.75) is 32.1 Å². The van der Waals surface area contributed by atoms with Gasteiger partial charge in [0.05, 0.1) is 11.9 Å². The molecule has 0 amide bonds. The Kier molecular flexibility index (Phi) is 6.20. The lowest BCUT2D eigenvalue weighted by atomic mass is 10.4. The second-order valence-corrected chi connectivity index (χ2v) is 4.08. The molecule has 0 heterocycles. The molecule has 0 aliphatic rings. The molecule has 0 rings (SSSR count). The van der Waals surface area contributed by atoms with E-state index in [0.717, 1.165) is 5.75 Å². The first-order valence-corrected chi connectivity index (χ1v) is 5.16. The molecule has 0 fully saturated rings. The standard InChI is InChI=1S/C8H17NO2S/c1-4-11-8(10)7(3)12-5-6(2)9/h6-7H,4-5,9H2,1-3H3. The van der Waals surface area contributed by atoms with Gasteiger partial charge in [-0.15, -0.1) is 11.8 Å². The molecule has 0 aromatic carbocycles. The molecule has 0 aliphatic heterocycles. The van der Waals surface area contributed by atoms with Gasteiger partial charge in [0.25, 0.3) is 0 Å². The number of carbonyl (C=O) groups excluding carboxylic acids is 1. The van der Waals surface area contributed by atoms with Crippen molar-refractivity contribution < 1.29 is 9.53 Å². The van der Waals surface area contributed by atoms with Gasteiger partial charge in [0, 0.05) is 11.8 Å². The summed E-state index contributed by atoms with van der Waals surface area (Å²) in [6.45, 7) is 6.01. The molecule has 0 saturated heterocycles. The largest absolute Gasteiger partial charge is 0.465 e. The molecule has 4 heteroatoms. The molecule has 2 N–H and O–H groups in total. The minimum Gasteiger partial charge on any atom is -0.465 e. The summed E-state index contributed by atoms with van der Waals surface area (Å²) < 4.78 is 4.84. The van der Waals surface area contributed by atoms with Gasteiger partial charge in [-0.3, -0.25) is 4.79 Å². The summed E-state index contributed by atoms with van der Waals surface area (Å²) in [4.78, 5) is 11.1. The van der Waals surface area contributed by atoms with E-state index in [-0.39, 0.29) is 17.3 Å². The van der Waals surface area contributed by atoms with Crippen LogP contribution in [0.15, 0.2) is 0 Å². The highest BCUT2D eigenvalue weighted by atomic mass is 32.2. The summed E-state index contributed by atoms with van der Waals surface area (Å²) in [6, 6.07) is 0.131. The Labute approximate surface area is 78.0 Å². The van der Waals surface area contributed by atoms with E-state index in [1.54, 1.807) is 6.92 Å². The highest BCUT2D eigenvalue weighted by Gasteiger charge is 2.14. The van der Waals surface area contributed by atoms with Crippen molar-refractivity contribution in [1.82, 2.24) is 0 Å². The third-order valence-corrected chi connectivity index (χ3v) is 2.64. The Hall–Kier alpha value is -0.220. The van der Waals surface area contributed by atoms with Crippen LogP contribution in [0.3, 0.4) is 0 Å². The van der Waals surface area contributed by atoms with E-state index in [9.17, 15) is 4.79 Å². The molecular weight excluding hydrogens is 174 g/mol. The minimum absolute atomic E-state index is 0.101. The smallest absolute Gasteiger partial charge is 0.318 e. The number of ether oxygens (including phenoxy) is 1. The maximum atomic E-state index is 11.1. The fourth-order valence-electron chi connectivity index (χ4n) is 0.624. The van der Waals surface area contributed by atoms with Gasteiger partial charge in [0.2, 0.25) is 0 Å². The Morgan fingerprint density at radius 3 is 2.58 bits per heavy atom. The monoisotopic (exact) mass is 191 g/mol. The van der Waals surface area contributed by atoms with Crippen LogP contribution in [0.4, 0.5) is 0 Å². The molecule has 0 saturated carbocycles. The lowest BCUT2D eigenvalue weighted by Gasteiger charge is -2.11. The molecule has 12 heavy (non-hydrogen) atoms. The first-order chi connectivity index (χ1) is 5.57. The van der Waals surface area contributed by atoms with Crippen LogP contribution in [-0.4, -0.2) is 29.6 Å². The molecule has 0 aromatic heterocycles. The molecule has 2 unspecified atom stereocenters. The maximum Gasteiger partial charge on any atom is 0.318 e. The number of thioether (sulfide) groups is 1. The Morgan fingerprint density at radius 1 is 1.58 bits per heavy atom. The van der Waals surface area contributed by atoms with E-state index in [1.165, 1.54) is 11.8 Å². The molecule has 72 valence electrons. The van der Waals surface area contributed by atoms with E-state index >= 15 is 0 Å². The lowest BCUT2D eigenvalue weighted by molar-refractivity contribution is -0.142.